The van der Waals surface area contributed by atoms with Gasteiger partial charge in [0.1, 0.15) is 6.04 Å². The second kappa shape index (κ2) is 8.36. The molecule has 4 rings (SSSR count). The third-order valence-corrected chi connectivity index (χ3v) is 4.84. The van der Waals surface area contributed by atoms with Crippen LogP contribution in [0.3, 0.4) is 0 Å². The van der Waals surface area contributed by atoms with Crippen molar-refractivity contribution in [3.05, 3.63) is 66.6 Å². The van der Waals surface area contributed by atoms with Gasteiger partial charge in [-0.1, -0.05) is 37.2 Å². The van der Waals surface area contributed by atoms with Crippen molar-refractivity contribution >= 4 is 5.91 Å². The van der Waals surface area contributed by atoms with Crippen LogP contribution >= 0.6 is 0 Å². The van der Waals surface area contributed by atoms with Gasteiger partial charge in [-0.2, -0.15) is 10.1 Å². The number of carbonyl (C=O) groups is 1. The van der Waals surface area contributed by atoms with E-state index in [1.54, 1.807) is 18.3 Å². The van der Waals surface area contributed by atoms with Crippen LogP contribution in [0.25, 0.3) is 22.6 Å². The van der Waals surface area contributed by atoms with Gasteiger partial charge in [0.25, 0.3) is 5.91 Å². The lowest BCUT2D eigenvalue weighted by atomic mass is 10.0. The Morgan fingerprint density at radius 2 is 2.00 bits per heavy atom. The molecule has 0 aliphatic carbocycles. The van der Waals surface area contributed by atoms with Crippen LogP contribution in [-0.2, 0) is 6.54 Å². The van der Waals surface area contributed by atoms with Gasteiger partial charge >= 0.3 is 0 Å². The van der Waals surface area contributed by atoms with Crippen molar-refractivity contribution in [1.29, 1.82) is 0 Å². The number of carbonyl (C=O) groups excluding carboxylic acids is 1. The molecule has 8 heteroatoms. The monoisotopic (exact) mass is 405 g/mol. The molecule has 154 valence electrons. The summed E-state index contributed by atoms with van der Waals surface area (Å²) in [7, 11) is 0. The van der Waals surface area contributed by atoms with Crippen molar-refractivity contribution in [2.24, 2.45) is 5.92 Å². The number of nitrogens with one attached hydrogen (secondary N) is 1. The smallest absolute Gasteiger partial charge is 0.287 e. The summed E-state index contributed by atoms with van der Waals surface area (Å²) in [5.41, 5.74) is 2.87. The summed E-state index contributed by atoms with van der Waals surface area (Å²) in [6, 6.07) is 12.7. The minimum absolute atomic E-state index is 0.0439. The van der Waals surface area contributed by atoms with Crippen molar-refractivity contribution in [2.75, 3.05) is 0 Å². The zero-order valence-electron chi connectivity index (χ0n) is 17.1. The topological polar surface area (TPSA) is 99.0 Å². The van der Waals surface area contributed by atoms with Crippen LogP contribution in [0.1, 0.15) is 43.3 Å². The molecule has 0 unspecified atom stereocenters. The van der Waals surface area contributed by atoms with Gasteiger partial charge in [0.15, 0.2) is 5.76 Å². The summed E-state index contributed by atoms with van der Waals surface area (Å²) in [5, 5.41) is 11.4. The highest BCUT2D eigenvalue weighted by Crippen LogP contribution is 2.27. The number of aryl methyl sites for hydroxylation is 1. The second-order valence-corrected chi connectivity index (χ2v) is 7.24. The molecule has 4 aromatic rings. The summed E-state index contributed by atoms with van der Waals surface area (Å²) in [6.07, 6.45) is 3.24. The highest BCUT2D eigenvalue weighted by molar-refractivity contribution is 5.91. The molecule has 1 N–H and O–H groups in total. The first-order valence-corrected chi connectivity index (χ1v) is 9.87. The van der Waals surface area contributed by atoms with Crippen molar-refractivity contribution in [3.8, 4) is 22.6 Å². The maximum atomic E-state index is 12.4. The molecule has 0 fully saturated rings. The fraction of sp³-hybridized carbons (Fsp3) is 0.273. The minimum atomic E-state index is -0.437. The third-order valence-electron chi connectivity index (χ3n) is 4.84. The summed E-state index contributed by atoms with van der Waals surface area (Å²) in [4.78, 5) is 17.0. The van der Waals surface area contributed by atoms with Gasteiger partial charge < -0.3 is 14.3 Å². The fourth-order valence-electron chi connectivity index (χ4n) is 3.26. The summed E-state index contributed by atoms with van der Waals surface area (Å²) in [5.74, 6) is 0.771. The molecule has 0 saturated carbocycles. The number of rotatable bonds is 7. The van der Waals surface area contributed by atoms with Crippen LogP contribution in [0.5, 0.6) is 0 Å². The molecule has 0 saturated heterocycles. The van der Waals surface area contributed by atoms with E-state index in [0.29, 0.717) is 11.7 Å². The van der Waals surface area contributed by atoms with E-state index in [1.807, 2.05) is 48.9 Å². The Morgan fingerprint density at radius 1 is 1.17 bits per heavy atom. The lowest BCUT2D eigenvalue weighted by molar-refractivity contribution is 0.0885. The van der Waals surface area contributed by atoms with Crippen LogP contribution in [-0.4, -0.2) is 25.8 Å². The van der Waals surface area contributed by atoms with E-state index in [9.17, 15) is 4.79 Å². The predicted molar refractivity (Wildman–Crippen MR) is 110 cm³/mol. The normalized spacial score (nSPS) is 12.3. The summed E-state index contributed by atoms with van der Waals surface area (Å²) < 4.78 is 12.6. The average Bonchev–Trinajstić information content (AvgIpc) is 3.52. The SMILES string of the molecule is CCn1nccc1-c1cccc(-c2noc([C@@H](NC(=O)c3ccco3)C(C)C)n2)c1. The van der Waals surface area contributed by atoms with E-state index in [0.717, 1.165) is 23.4 Å². The lowest BCUT2D eigenvalue weighted by Gasteiger charge is -2.17. The quantitative estimate of drug-likeness (QED) is 0.491. The van der Waals surface area contributed by atoms with Crippen LogP contribution in [0.4, 0.5) is 0 Å². The number of hydrogen-bond donors (Lipinski definition) is 1. The predicted octanol–water partition coefficient (Wildman–Crippen LogP) is 4.34. The highest BCUT2D eigenvalue weighted by Gasteiger charge is 2.26. The Bertz CT molecular complexity index is 1130. The van der Waals surface area contributed by atoms with E-state index < -0.39 is 6.04 Å². The summed E-state index contributed by atoms with van der Waals surface area (Å²) >= 11 is 0. The number of nitrogens with zero attached hydrogens (tertiary/aromatic N) is 4. The van der Waals surface area contributed by atoms with Gasteiger partial charge in [-0.25, -0.2) is 0 Å². The molecule has 3 aromatic heterocycles. The molecule has 0 aliphatic rings. The Hall–Kier alpha value is -3.68. The Labute approximate surface area is 173 Å². The van der Waals surface area contributed by atoms with Crippen molar-refractivity contribution in [2.45, 2.75) is 33.4 Å². The number of aromatic nitrogens is 4. The van der Waals surface area contributed by atoms with Crippen LogP contribution < -0.4 is 5.32 Å². The maximum Gasteiger partial charge on any atom is 0.287 e. The zero-order chi connectivity index (χ0) is 21.1. The molecule has 30 heavy (non-hydrogen) atoms. The molecule has 8 nitrogen and oxygen atoms in total. The average molecular weight is 405 g/mol. The largest absolute Gasteiger partial charge is 0.459 e. The first-order valence-electron chi connectivity index (χ1n) is 9.87. The van der Waals surface area contributed by atoms with Gasteiger partial charge in [0.05, 0.1) is 12.0 Å². The fourth-order valence-corrected chi connectivity index (χ4v) is 3.26. The molecular formula is C22H23N5O3. The Balaban J connectivity index is 1.60. The number of furan rings is 1. The molecule has 3 heterocycles. The minimum Gasteiger partial charge on any atom is -0.459 e. The standard InChI is InChI=1S/C22H23N5O3/c1-4-27-17(10-11-23-27)15-7-5-8-16(13-15)20-25-22(30-26-20)19(14(2)3)24-21(28)18-9-6-12-29-18/h5-14,19H,4H2,1-3H3,(H,24,28)/t19-/m0/s1. The second-order valence-electron chi connectivity index (χ2n) is 7.24. The van der Waals surface area contributed by atoms with E-state index >= 15 is 0 Å². The van der Waals surface area contributed by atoms with Crippen LogP contribution in [0.2, 0.25) is 0 Å². The molecule has 0 bridgehead atoms. The van der Waals surface area contributed by atoms with Crippen molar-refractivity contribution in [3.63, 3.8) is 0 Å². The molecule has 0 spiro atoms. The van der Waals surface area contributed by atoms with Crippen molar-refractivity contribution in [1.82, 2.24) is 25.2 Å². The van der Waals surface area contributed by atoms with E-state index in [2.05, 4.69) is 27.5 Å². The van der Waals surface area contributed by atoms with E-state index in [1.165, 1.54) is 6.26 Å². The van der Waals surface area contributed by atoms with E-state index in [-0.39, 0.29) is 17.6 Å². The van der Waals surface area contributed by atoms with E-state index in [4.69, 9.17) is 8.94 Å². The molecule has 0 aliphatic heterocycles. The number of amides is 1. The van der Waals surface area contributed by atoms with Gasteiger partial charge in [-0.15, -0.1) is 0 Å². The molecule has 1 aromatic carbocycles. The number of hydrogen-bond acceptors (Lipinski definition) is 6. The lowest BCUT2D eigenvalue weighted by Crippen LogP contribution is -2.31. The molecular weight excluding hydrogens is 382 g/mol. The Kier molecular flexibility index (Phi) is 5.47. The first-order chi connectivity index (χ1) is 14.6. The van der Waals surface area contributed by atoms with Crippen LogP contribution in [0, 0.1) is 5.92 Å². The zero-order valence-corrected chi connectivity index (χ0v) is 17.1. The Morgan fingerprint density at radius 3 is 2.73 bits per heavy atom. The third kappa shape index (κ3) is 3.89. The van der Waals surface area contributed by atoms with Crippen LogP contribution in [0.15, 0.2) is 63.9 Å². The van der Waals surface area contributed by atoms with Gasteiger partial charge in [0, 0.05) is 23.9 Å². The van der Waals surface area contributed by atoms with Gasteiger partial charge in [0.2, 0.25) is 11.7 Å². The van der Waals surface area contributed by atoms with Gasteiger partial charge in [-0.3, -0.25) is 9.48 Å². The van der Waals surface area contributed by atoms with Crippen molar-refractivity contribution < 1.29 is 13.7 Å². The molecule has 1 atom stereocenters. The molecule has 1 amide bonds. The molecule has 0 radical (unpaired) electrons. The first kappa shape index (κ1) is 19.6. The summed E-state index contributed by atoms with van der Waals surface area (Å²) in [6.45, 7) is 6.78. The maximum absolute atomic E-state index is 12.4. The van der Waals surface area contributed by atoms with Gasteiger partial charge in [-0.05, 0) is 37.1 Å². The number of benzene rings is 1. The highest BCUT2D eigenvalue weighted by atomic mass is 16.5.